The van der Waals surface area contributed by atoms with Crippen molar-refractivity contribution in [1.29, 1.82) is 0 Å². The third-order valence-corrected chi connectivity index (χ3v) is 3.83. The molecule has 0 unspecified atom stereocenters. The maximum absolute atomic E-state index is 2.17. The Morgan fingerprint density at radius 3 is 1.41 bits per heavy atom. The summed E-state index contributed by atoms with van der Waals surface area (Å²) in [4.78, 5) is 0. The predicted molar refractivity (Wildman–Crippen MR) is 95.1 cm³/mol. The summed E-state index contributed by atoms with van der Waals surface area (Å²) in [6, 6.07) is 16.8. The highest BCUT2D eigenvalue weighted by molar-refractivity contribution is 5.78. The lowest BCUT2D eigenvalue weighted by molar-refractivity contribution is 0.915. The van der Waals surface area contributed by atoms with Gasteiger partial charge in [0, 0.05) is 37.9 Å². The van der Waals surface area contributed by atoms with Crippen LogP contribution in [0.4, 0.5) is 0 Å². The minimum absolute atomic E-state index is 1.20. The van der Waals surface area contributed by atoms with Crippen molar-refractivity contribution in [3.05, 3.63) is 83.4 Å². The maximum Gasteiger partial charge on any atom is 0.0404 e. The van der Waals surface area contributed by atoms with Gasteiger partial charge in [0.05, 0.1) is 0 Å². The molecule has 2 heterocycles. The largest absolute Gasteiger partial charge is 0.351 e. The van der Waals surface area contributed by atoms with Gasteiger partial charge < -0.3 is 9.13 Å². The van der Waals surface area contributed by atoms with Crippen molar-refractivity contribution in [1.82, 2.24) is 9.13 Å². The fraction of sp³-hybridized carbons (Fsp3) is 0.100. The molecular weight excluding hydrogens is 268 g/mol. The summed E-state index contributed by atoms with van der Waals surface area (Å²) in [5, 5.41) is 0. The van der Waals surface area contributed by atoms with Gasteiger partial charge in [-0.3, -0.25) is 0 Å². The van der Waals surface area contributed by atoms with Crippen LogP contribution in [-0.2, 0) is 14.1 Å². The highest BCUT2D eigenvalue weighted by atomic mass is 14.9. The predicted octanol–water partition coefficient (Wildman–Crippen LogP) is 4.70. The molecule has 3 rings (SSSR count). The van der Waals surface area contributed by atoms with E-state index in [1.807, 2.05) is 0 Å². The van der Waals surface area contributed by atoms with Gasteiger partial charge in [-0.2, -0.15) is 0 Å². The molecule has 0 aliphatic rings. The van der Waals surface area contributed by atoms with Gasteiger partial charge >= 0.3 is 0 Å². The molecular formula is C20H20N2. The Morgan fingerprint density at radius 2 is 1.05 bits per heavy atom. The van der Waals surface area contributed by atoms with Crippen LogP contribution in [0.2, 0.25) is 0 Å². The molecule has 22 heavy (non-hydrogen) atoms. The van der Waals surface area contributed by atoms with Crippen molar-refractivity contribution >= 4 is 24.3 Å². The van der Waals surface area contributed by atoms with Crippen LogP contribution in [0, 0.1) is 0 Å². The van der Waals surface area contributed by atoms with Crippen LogP contribution in [-0.4, -0.2) is 9.13 Å². The standard InChI is InChI=1S/C20H20N2/c1-21-15-5-9-19(21)13-11-17-7-3-4-8-18(17)12-14-20-10-6-16-22(20)2/h3-16H,1-2H3/b13-11-,14-12+. The second-order valence-electron chi connectivity index (χ2n) is 5.38. The Kier molecular flexibility index (Phi) is 4.10. The van der Waals surface area contributed by atoms with Crippen LogP contribution in [0.15, 0.2) is 60.9 Å². The minimum Gasteiger partial charge on any atom is -0.351 e. The molecule has 0 N–H and O–H groups in total. The number of hydrogen-bond donors (Lipinski definition) is 0. The van der Waals surface area contributed by atoms with E-state index in [-0.39, 0.29) is 0 Å². The van der Waals surface area contributed by atoms with Crippen LogP contribution in [0.25, 0.3) is 24.3 Å². The zero-order chi connectivity index (χ0) is 15.4. The van der Waals surface area contributed by atoms with E-state index < -0.39 is 0 Å². The number of nitrogens with zero attached hydrogens (tertiary/aromatic N) is 2. The first-order valence-corrected chi connectivity index (χ1v) is 7.42. The third-order valence-electron chi connectivity index (χ3n) is 3.83. The molecule has 2 heteroatoms. The van der Waals surface area contributed by atoms with Gasteiger partial charge in [-0.15, -0.1) is 0 Å². The van der Waals surface area contributed by atoms with Crippen molar-refractivity contribution in [2.45, 2.75) is 0 Å². The van der Waals surface area contributed by atoms with Crippen LogP contribution < -0.4 is 0 Å². The van der Waals surface area contributed by atoms with E-state index in [1.165, 1.54) is 22.5 Å². The topological polar surface area (TPSA) is 9.86 Å². The highest BCUT2D eigenvalue weighted by Gasteiger charge is 1.97. The molecule has 110 valence electrons. The quantitative estimate of drug-likeness (QED) is 0.658. The second kappa shape index (κ2) is 6.35. The summed E-state index contributed by atoms with van der Waals surface area (Å²) in [6.07, 6.45) is 12.7. The van der Waals surface area contributed by atoms with E-state index in [0.717, 1.165) is 0 Å². The van der Waals surface area contributed by atoms with E-state index in [0.29, 0.717) is 0 Å². The number of aromatic nitrogens is 2. The first kappa shape index (κ1) is 14.2. The average molecular weight is 288 g/mol. The second-order valence-corrected chi connectivity index (χ2v) is 5.38. The smallest absolute Gasteiger partial charge is 0.0404 e. The van der Waals surface area contributed by atoms with Gasteiger partial charge in [-0.25, -0.2) is 0 Å². The molecule has 0 fully saturated rings. The Labute approximate surface area is 131 Å². The molecule has 0 saturated carbocycles. The first-order chi connectivity index (χ1) is 10.7. The third kappa shape index (κ3) is 3.12. The molecule has 3 aromatic rings. The lowest BCUT2D eigenvalue weighted by Gasteiger charge is -2.02. The molecule has 0 saturated heterocycles. The normalized spacial score (nSPS) is 11.7. The van der Waals surface area contributed by atoms with E-state index in [2.05, 4.69) is 108 Å². The maximum atomic E-state index is 2.17. The summed E-state index contributed by atoms with van der Waals surface area (Å²) in [5.74, 6) is 0. The van der Waals surface area contributed by atoms with E-state index in [4.69, 9.17) is 0 Å². The first-order valence-electron chi connectivity index (χ1n) is 7.42. The fourth-order valence-electron chi connectivity index (χ4n) is 2.46. The molecule has 0 radical (unpaired) electrons. The van der Waals surface area contributed by atoms with Gasteiger partial charge in [0.2, 0.25) is 0 Å². The summed E-state index contributed by atoms with van der Waals surface area (Å²) in [7, 11) is 4.11. The monoisotopic (exact) mass is 288 g/mol. The zero-order valence-corrected chi connectivity index (χ0v) is 13.0. The molecule has 0 atom stereocenters. The van der Waals surface area contributed by atoms with Gasteiger partial charge in [0.15, 0.2) is 0 Å². The minimum atomic E-state index is 1.20. The van der Waals surface area contributed by atoms with Gasteiger partial charge in [0.1, 0.15) is 0 Å². The molecule has 0 amide bonds. The summed E-state index contributed by atoms with van der Waals surface area (Å²) in [6.45, 7) is 0. The number of hydrogen-bond acceptors (Lipinski definition) is 0. The molecule has 0 aliphatic heterocycles. The van der Waals surface area contributed by atoms with Crippen molar-refractivity contribution in [2.24, 2.45) is 14.1 Å². The van der Waals surface area contributed by atoms with Crippen molar-refractivity contribution in [3.8, 4) is 0 Å². The van der Waals surface area contributed by atoms with E-state index in [1.54, 1.807) is 0 Å². The molecule has 0 aliphatic carbocycles. The molecule has 0 spiro atoms. The Morgan fingerprint density at radius 1 is 0.591 bits per heavy atom. The SMILES string of the molecule is Cn1cccc1/C=C\c1ccccc1/C=C/c1cccn1C. The Hall–Kier alpha value is -2.74. The lowest BCUT2D eigenvalue weighted by atomic mass is 10.1. The van der Waals surface area contributed by atoms with Crippen LogP contribution in [0.3, 0.4) is 0 Å². The Bertz CT molecular complexity index is 746. The molecule has 2 aromatic heterocycles. The van der Waals surface area contributed by atoms with Gasteiger partial charge in [-0.1, -0.05) is 36.4 Å². The summed E-state index contributed by atoms with van der Waals surface area (Å²) < 4.78 is 4.22. The summed E-state index contributed by atoms with van der Waals surface area (Å²) >= 11 is 0. The van der Waals surface area contributed by atoms with Crippen LogP contribution in [0.5, 0.6) is 0 Å². The summed E-state index contributed by atoms with van der Waals surface area (Å²) in [5.41, 5.74) is 4.82. The van der Waals surface area contributed by atoms with Crippen LogP contribution >= 0.6 is 0 Å². The molecule has 2 nitrogen and oxygen atoms in total. The van der Waals surface area contributed by atoms with Crippen LogP contribution in [0.1, 0.15) is 22.5 Å². The van der Waals surface area contributed by atoms with Crippen molar-refractivity contribution in [3.63, 3.8) is 0 Å². The van der Waals surface area contributed by atoms with Gasteiger partial charge in [0.25, 0.3) is 0 Å². The van der Waals surface area contributed by atoms with E-state index >= 15 is 0 Å². The number of benzene rings is 1. The number of aryl methyl sites for hydroxylation is 2. The van der Waals surface area contributed by atoms with Gasteiger partial charge in [-0.05, 0) is 47.5 Å². The molecule has 0 bridgehead atoms. The van der Waals surface area contributed by atoms with Crippen molar-refractivity contribution < 1.29 is 0 Å². The van der Waals surface area contributed by atoms with E-state index in [9.17, 15) is 0 Å². The van der Waals surface area contributed by atoms with Crippen molar-refractivity contribution in [2.75, 3.05) is 0 Å². The Balaban J connectivity index is 1.87. The lowest BCUT2D eigenvalue weighted by Crippen LogP contribution is -1.88. The average Bonchev–Trinajstić information content (AvgIpc) is 3.12. The number of rotatable bonds is 4. The molecule has 1 aromatic carbocycles. The fourth-order valence-corrected chi connectivity index (χ4v) is 2.46. The highest BCUT2D eigenvalue weighted by Crippen LogP contribution is 2.16. The zero-order valence-electron chi connectivity index (χ0n) is 13.0.